The van der Waals surface area contributed by atoms with Crippen LogP contribution in [0.1, 0.15) is 79.1 Å². The van der Waals surface area contributed by atoms with Crippen LogP contribution in [0.25, 0.3) is 0 Å². The highest BCUT2D eigenvalue weighted by atomic mass is 14.8. The predicted molar refractivity (Wildman–Crippen MR) is 94.1 cm³/mol. The first kappa shape index (κ1) is 18.7. The molecule has 0 spiro atoms. The minimum atomic E-state index is 0.203. The van der Waals surface area contributed by atoms with Gasteiger partial charge in [0, 0.05) is 12.1 Å². The van der Waals surface area contributed by atoms with Crippen molar-refractivity contribution < 1.29 is 0 Å². The van der Waals surface area contributed by atoms with Crippen molar-refractivity contribution in [1.82, 2.24) is 0 Å². The van der Waals surface area contributed by atoms with Gasteiger partial charge in [-0.2, -0.15) is 0 Å². The third kappa shape index (κ3) is 5.41. The molecule has 5 atom stereocenters. The molecule has 2 nitrogen and oxygen atoms in total. The number of hydrogen-bond donors (Lipinski definition) is 2. The smallest absolute Gasteiger partial charge is 0.0192 e. The average molecular weight is 295 g/mol. The van der Waals surface area contributed by atoms with Crippen LogP contribution in [0.2, 0.25) is 0 Å². The van der Waals surface area contributed by atoms with E-state index in [1.807, 2.05) is 13.8 Å². The second-order valence-electron chi connectivity index (χ2n) is 6.86. The van der Waals surface area contributed by atoms with Crippen LogP contribution in [-0.4, -0.2) is 12.1 Å². The molecule has 21 heavy (non-hydrogen) atoms. The summed E-state index contributed by atoms with van der Waals surface area (Å²) in [4.78, 5) is 0. The average Bonchev–Trinajstić information content (AvgIpc) is 2.53. The Morgan fingerprint density at radius 1 is 1.00 bits per heavy atom. The van der Waals surface area contributed by atoms with Crippen LogP contribution in [0.5, 0.6) is 0 Å². The van der Waals surface area contributed by atoms with Crippen molar-refractivity contribution in [2.75, 3.05) is 0 Å². The first-order chi connectivity index (χ1) is 10.1. The lowest BCUT2D eigenvalue weighted by molar-refractivity contribution is 0.205. The summed E-state index contributed by atoms with van der Waals surface area (Å²) in [6, 6.07) is 0.413. The molecule has 124 valence electrons. The topological polar surface area (TPSA) is 52.0 Å². The van der Waals surface area contributed by atoms with Gasteiger partial charge in [0.1, 0.15) is 0 Å². The molecule has 1 fully saturated rings. The van der Waals surface area contributed by atoms with Crippen molar-refractivity contribution in [2.45, 2.75) is 91.1 Å². The number of rotatable bonds is 1. The summed E-state index contributed by atoms with van der Waals surface area (Å²) in [6.45, 7) is 8.74. The van der Waals surface area contributed by atoms with E-state index >= 15 is 0 Å². The molecule has 0 heterocycles. The maximum absolute atomic E-state index is 6.25. The Kier molecular flexibility index (Phi) is 8.58. The van der Waals surface area contributed by atoms with Crippen LogP contribution in [0.15, 0.2) is 11.6 Å². The lowest BCUT2D eigenvalue weighted by atomic mass is 9.70. The predicted octanol–water partition coefficient (Wildman–Crippen LogP) is 4.63. The highest BCUT2D eigenvalue weighted by Crippen LogP contribution is 2.40. The fourth-order valence-electron chi connectivity index (χ4n) is 4.08. The summed E-state index contributed by atoms with van der Waals surface area (Å²) >= 11 is 0. The van der Waals surface area contributed by atoms with Crippen LogP contribution in [0.3, 0.4) is 0 Å². The molecule has 1 saturated carbocycles. The Labute approximate surface area is 132 Å². The third-order valence-corrected chi connectivity index (χ3v) is 5.56. The van der Waals surface area contributed by atoms with Gasteiger partial charge >= 0.3 is 0 Å². The highest BCUT2D eigenvalue weighted by Gasteiger charge is 2.30. The zero-order valence-corrected chi connectivity index (χ0v) is 14.8. The van der Waals surface area contributed by atoms with E-state index < -0.39 is 0 Å². The first-order valence-electron chi connectivity index (χ1n) is 9.32. The van der Waals surface area contributed by atoms with Gasteiger partial charge in [-0.3, -0.25) is 0 Å². The third-order valence-electron chi connectivity index (χ3n) is 5.56. The number of nitrogens with two attached hydrogens (primary N) is 2. The summed E-state index contributed by atoms with van der Waals surface area (Å²) in [6.07, 6.45) is 12.6. The summed E-state index contributed by atoms with van der Waals surface area (Å²) in [5.74, 6) is 2.49. The lowest BCUT2D eigenvalue weighted by Gasteiger charge is -2.37. The van der Waals surface area contributed by atoms with E-state index in [0.717, 1.165) is 30.6 Å². The molecule has 0 aliphatic heterocycles. The monoisotopic (exact) mass is 294 g/mol. The molecule has 0 saturated heterocycles. The molecular formula is C19H38N2. The van der Waals surface area contributed by atoms with Gasteiger partial charge in [-0.05, 0) is 56.3 Å². The maximum atomic E-state index is 6.25. The molecule has 2 rings (SSSR count). The van der Waals surface area contributed by atoms with Crippen LogP contribution >= 0.6 is 0 Å². The van der Waals surface area contributed by atoms with E-state index in [2.05, 4.69) is 19.9 Å². The minimum Gasteiger partial charge on any atom is -0.326 e. The van der Waals surface area contributed by atoms with Crippen LogP contribution < -0.4 is 11.5 Å². The van der Waals surface area contributed by atoms with Gasteiger partial charge in [0.2, 0.25) is 0 Å². The number of allylic oxidation sites excluding steroid dienone is 2. The minimum absolute atomic E-state index is 0.203. The van der Waals surface area contributed by atoms with Crippen LogP contribution in [0, 0.1) is 17.8 Å². The lowest BCUT2D eigenvalue weighted by Crippen LogP contribution is -2.42. The molecule has 2 aliphatic rings. The van der Waals surface area contributed by atoms with Gasteiger partial charge in [-0.25, -0.2) is 0 Å². The molecular weight excluding hydrogens is 256 g/mol. The van der Waals surface area contributed by atoms with Crippen molar-refractivity contribution in [2.24, 2.45) is 29.2 Å². The molecule has 0 bridgehead atoms. The highest BCUT2D eigenvalue weighted by molar-refractivity contribution is 5.10. The van der Waals surface area contributed by atoms with Gasteiger partial charge in [0.05, 0.1) is 0 Å². The van der Waals surface area contributed by atoms with Crippen molar-refractivity contribution in [3.63, 3.8) is 0 Å². The second kappa shape index (κ2) is 9.63. The zero-order chi connectivity index (χ0) is 15.8. The Morgan fingerprint density at radius 2 is 1.67 bits per heavy atom. The van der Waals surface area contributed by atoms with Crippen LogP contribution in [0.4, 0.5) is 0 Å². The largest absolute Gasteiger partial charge is 0.326 e. The molecule has 0 amide bonds. The SMILES string of the molecule is CC.CCC1=CC2CC[C@H](N)C(N)CCCC(C)[C@H]2CC1. The van der Waals surface area contributed by atoms with E-state index in [1.165, 1.54) is 38.5 Å². The van der Waals surface area contributed by atoms with E-state index in [-0.39, 0.29) is 12.1 Å². The van der Waals surface area contributed by atoms with E-state index in [0.29, 0.717) is 0 Å². The van der Waals surface area contributed by atoms with Crippen LogP contribution in [-0.2, 0) is 0 Å². The Hall–Kier alpha value is -0.340. The Morgan fingerprint density at radius 3 is 2.33 bits per heavy atom. The van der Waals surface area contributed by atoms with Crippen molar-refractivity contribution in [3.8, 4) is 0 Å². The quantitative estimate of drug-likeness (QED) is 0.693. The van der Waals surface area contributed by atoms with Crippen molar-refractivity contribution in [3.05, 3.63) is 11.6 Å². The molecule has 0 aromatic heterocycles. The molecule has 4 N–H and O–H groups in total. The van der Waals surface area contributed by atoms with Gasteiger partial charge < -0.3 is 11.5 Å². The molecule has 2 aliphatic carbocycles. The normalized spacial score (nSPS) is 37.6. The number of hydrogen-bond acceptors (Lipinski definition) is 2. The van der Waals surface area contributed by atoms with E-state index in [1.54, 1.807) is 5.57 Å². The maximum Gasteiger partial charge on any atom is 0.0192 e. The first-order valence-corrected chi connectivity index (χ1v) is 9.32. The van der Waals surface area contributed by atoms with Gasteiger partial charge in [0.15, 0.2) is 0 Å². The fraction of sp³-hybridized carbons (Fsp3) is 0.895. The number of fused-ring (bicyclic) bond motifs is 1. The van der Waals surface area contributed by atoms with E-state index in [4.69, 9.17) is 11.5 Å². The zero-order valence-electron chi connectivity index (χ0n) is 14.8. The Bertz CT molecular complexity index is 311. The molecule has 2 heteroatoms. The Balaban J connectivity index is 0.00000106. The molecule has 0 aromatic carbocycles. The standard InChI is InChI=1S/C17H32N2.C2H6/c1-3-13-7-9-15-12(2)5-4-6-16(18)17(19)10-8-14(15)11-13;1-2/h11-12,14-17H,3-10,18-19H2,1-2H3;1-2H3/t12?,14?,15-,16?,17+;/m1./s1. The summed E-state index contributed by atoms with van der Waals surface area (Å²) in [7, 11) is 0. The van der Waals surface area contributed by atoms with Gasteiger partial charge in [0.25, 0.3) is 0 Å². The van der Waals surface area contributed by atoms with Crippen molar-refractivity contribution in [1.29, 1.82) is 0 Å². The summed E-state index contributed by atoms with van der Waals surface area (Å²) in [5, 5.41) is 0. The summed E-state index contributed by atoms with van der Waals surface area (Å²) in [5.41, 5.74) is 14.1. The second-order valence-corrected chi connectivity index (χ2v) is 6.86. The van der Waals surface area contributed by atoms with Gasteiger partial charge in [-0.15, -0.1) is 0 Å². The molecule has 3 unspecified atom stereocenters. The van der Waals surface area contributed by atoms with Crippen molar-refractivity contribution >= 4 is 0 Å². The molecule has 0 aromatic rings. The van der Waals surface area contributed by atoms with Gasteiger partial charge in [-0.1, -0.05) is 52.2 Å². The summed E-state index contributed by atoms with van der Waals surface area (Å²) < 4.78 is 0. The molecule has 0 radical (unpaired) electrons. The fourth-order valence-corrected chi connectivity index (χ4v) is 4.08. The van der Waals surface area contributed by atoms with E-state index in [9.17, 15) is 0 Å².